The van der Waals surface area contributed by atoms with E-state index in [4.69, 9.17) is 4.74 Å². The molecule has 1 fully saturated rings. The number of likely N-dealkylation sites (tertiary alicyclic amines) is 1. The van der Waals surface area contributed by atoms with Crippen molar-refractivity contribution in [3.05, 3.63) is 34.9 Å². The lowest BCUT2D eigenvalue weighted by atomic mass is 9.97. The standard InChI is InChI=1S/C20H28N2O4/c1-5-26-20(25)16-8-10-22(11-9-16)18(23)13-21(4)19(24)17-7-6-14(2)15(3)12-17/h6-7,12,16H,5,8-11,13H2,1-4H3. The maximum Gasteiger partial charge on any atom is 0.309 e. The summed E-state index contributed by atoms with van der Waals surface area (Å²) in [5.74, 6) is -0.564. The van der Waals surface area contributed by atoms with Gasteiger partial charge in [0.05, 0.1) is 19.1 Å². The molecule has 1 aliphatic rings. The molecule has 0 radical (unpaired) electrons. The van der Waals surface area contributed by atoms with Gasteiger partial charge in [-0.15, -0.1) is 0 Å². The summed E-state index contributed by atoms with van der Waals surface area (Å²) in [7, 11) is 1.64. The van der Waals surface area contributed by atoms with Crippen LogP contribution in [0.4, 0.5) is 0 Å². The molecule has 0 saturated carbocycles. The smallest absolute Gasteiger partial charge is 0.309 e. The van der Waals surface area contributed by atoms with Crippen LogP contribution in [0.3, 0.4) is 0 Å². The van der Waals surface area contributed by atoms with Gasteiger partial charge in [0.25, 0.3) is 5.91 Å². The van der Waals surface area contributed by atoms with Gasteiger partial charge in [-0.05, 0) is 56.9 Å². The van der Waals surface area contributed by atoms with E-state index in [2.05, 4.69) is 0 Å². The minimum atomic E-state index is -0.179. The van der Waals surface area contributed by atoms with Gasteiger partial charge < -0.3 is 14.5 Å². The monoisotopic (exact) mass is 360 g/mol. The van der Waals surface area contributed by atoms with Gasteiger partial charge in [0.1, 0.15) is 0 Å². The number of carbonyl (C=O) groups is 3. The van der Waals surface area contributed by atoms with Crippen molar-refractivity contribution in [2.45, 2.75) is 33.6 Å². The van der Waals surface area contributed by atoms with E-state index in [1.54, 1.807) is 24.9 Å². The number of likely N-dealkylation sites (N-methyl/N-ethyl adjacent to an activating group) is 1. The van der Waals surface area contributed by atoms with Crippen molar-refractivity contribution in [1.29, 1.82) is 0 Å². The fourth-order valence-electron chi connectivity index (χ4n) is 3.09. The molecule has 0 unspecified atom stereocenters. The Balaban J connectivity index is 1.88. The van der Waals surface area contributed by atoms with Crippen molar-refractivity contribution in [3.8, 4) is 0 Å². The zero-order valence-electron chi connectivity index (χ0n) is 16.1. The Morgan fingerprint density at radius 1 is 1.15 bits per heavy atom. The molecular weight excluding hydrogens is 332 g/mol. The van der Waals surface area contributed by atoms with E-state index in [-0.39, 0.29) is 30.2 Å². The molecular formula is C20H28N2O4. The Kier molecular flexibility index (Phi) is 6.77. The van der Waals surface area contributed by atoms with E-state index >= 15 is 0 Å². The maximum absolute atomic E-state index is 12.5. The average molecular weight is 360 g/mol. The third-order valence-corrected chi connectivity index (χ3v) is 4.94. The molecule has 2 amide bonds. The molecule has 2 rings (SSSR count). The third-order valence-electron chi connectivity index (χ3n) is 4.94. The Hall–Kier alpha value is -2.37. The van der Waals surface area contributed by atoms with Gasteiger partial charge >= 0.3 is 5.97 Å². The van der Waals surface area contributed by atoms with Crippen molar-refractivity contribution in [2.75, 3.05) is 33.3 Å². The number of amides is 2. The van der Waals surface area contributed by atoms with Crippen molar-refractivity contribution in [2.24, 2.45) is 5.92 Å². The van der Waals surface area contributed by atoms with Gasteiger partial charge in [-0.2, -0.15) is 0 Å². The van der Waals surface area contributed by atoms with Crippen LogP contribution in [0.15, 0.2) is 18.2 Å². The Labute approximate surface area is 155 Å². The number of benzene rings is 1. The molecule has 0 aromatic heterocycles. The van der Waals surface area contributed by atoms with E-state index < -0.39 is 0 Å². The number of ether oxygens (including phenoxy) is 1. The van der Waals surface area contributed by atoms with Crippen LogP contribution in [-0.2, 0) is 14.3 Å². The quantitative estimate of drug-likeness (QED) is 0.755. The molecule has 0 aliphatic carbocycles. The van der Waals surface area contributed by atoms with Crippen LogP contribution in [0, 0.1) is 19.8 Å². The Morgan fingerprint density at radius 2 is 1.81 bits per heavy atom. The number of nitrogens with zero attached hydrogens (tertiary/aromatic N) is 2. The lowest BCUT2D eigenvalue weighted by Gasteiger charge is -2.32. The topological polar surface area (TPSA) is 66.9 Å². The summed E-state index contributed by atoms with van der Waals surface area (Å²) >= 11 is 0. The van der Waals surface area contributed by atoms with Gasteiger partial charge in [-0.25, -0.2) is 0 Å². The van der Waals surface area contributed by atoms with Gasteiger partial charge in [0.2, 0.25) is 5.91 Å². The third kappa shape index (κ3) is 4.84. The highest BCUT2D eigenvalue weighted by atomic mass is 16.5. The summed E-state index contributed by atoms with van der Waals surface area (Å²) in [5.41, 5.74) is 2.77. The highest BCUT2D eigenvalue weighted by Crippen LogP contribution is 2.19. The molecule has 0 spiro atoms. The lowest BCUT2D eigenvalue weighted by molar-refractivity contribution is -0.151. The van der Waals surface area contributed by atoms with Crippen LogP contribution in [0.25, 0.3) is 0 Å². The number of esters is 1. The molecule has 1 aliphatic heterocycles. The Bertz CT molecular complexity index is 678. The first-order valence-electron chi connectivity index (χ1n) is 9.10. The van der Waals surface area contributed by atoms with Crippen LogP contribution in [0.5, 0.6) is 0 Å². The van der Waals surface area contributed by atoms with Gasteiger partial charge in [-0.3, -0.25) is 14.4 Å². The first-order chi connectivity index (χ1) is 12.3. The molecule has 1 aromatic carbocycles. The summed E-state index contributed by atoms with van der Waals surface area (Å²) in [6.07, 6.45) is 1.22. The molecule has 0 bridgehead atoms. The predicted molar refractivity (Wildman–Crippen MR) is 98.8 cm³/mol. The number of hydrogen-bond donors (Lipinski definition) is 0. The zero-order valence-corrected chi connectivity index (χ0v) is 16.1. The molecule has 1 saturated heterocycles. The second-order valence-corrected chi connectivity index (χ2v) is 6.87. The summed E-state index contributed by atoms with van der Waals surface area (Å²) < 4.78 is 5.04. The molecule has 1 aromatic rings. The molecule has 142 valence electrons. The van der Waals surface area contributed by atoms with Gasteiger partial charge in [0.15, 0.2) is 0 Å². The normalized spacial score (nSPS) is 14.8. The van der Waals surface area contributed by atoms with E-state index in [0.29, 0.717) is 38.1 Å². The number of aryl methyl sites for hydroxylation is 2. The second kappa shape index (κ2) is 8.83. The van der Waals surface area contributed by atoms with E-state index in [1.165, 1.54) is 4.90 Å². The first kappa shape index (κ1) is 19.9. The van der Waals surface area contributed by atoms with Crippen LogP contribution >= 0.6 is 0 Å². The zero-order chi connectivity index (χ0) is 19.3. The molecule has 6 nitrogen and oxygen atoms in total. The van der Waals surface area contributed by atoms with Crippen LogP contribution in [-0.4, -0.2) is 60.9 Å². The lowest BCUT2D eigenvalue weighted by Crippen LogP contribution is -2.45. The van der Waals surface area contributed by atoms with Crippen molar-refractivity contribution in [3.63, 3.8) is 0 Å². The van der Waals surface area contributed by atoms with Crippen LogP contribution < -0.4 is 0 Å². The highest BCUT2D eigenvalue weighted by Gasteiger charge is 2.29. The summed E-state index contributed by atoms with van der Waals surface area (Å²) in [5, 5.41) is 0. The largest absolute Gasteiger partial charge is 0.466 e. The minimum absolute atomic E-state index is 0.0375. The van der Waals surface area contributed by atoms with Crippen LogP contribution in [0.2, 0.25) is 0 Å². The SMILES string of the molecule is CCOC(=O)C1CCN(C(=O)CN(C)C(=O)c2ccc(C)c(C)c2)CC1. The van der Waals surface area contributed by atoms with Crippen molar-refractivity contribution >= 4 is 17.8 Å². The number of rotatable bonds is 5. The summed E-state index contributed by atoms with van der Waals surface area (Å²) in [6.45, 7) is 7.21. The number of hydrogen-bond acceptors (Lipinski definition) is 4. The summed E-state index contributed by atoms with van der Waals surface area (Å²) in [4.78, 5) is 40.0. The minimum Gasteiger partial charge on any atom is -0.466 e. The van der Waals surface area contributed by atoms with Crippen LogP contribution in [0.1, 0.15) is 41.3 Å². The van der Waals surface area contributed by atoms with Gasteiger partial charge in [0, 0.05) is 25.7 Å². The van der Waals surface area contributed by atoms with E-state index in [0.717, 1.165) is 11.1 Å². The van der Waals surface area contributed by atoms with Crippen molar-refractivity contribution in [1.82, 2.24) is 9.80 Å². The van der Waals surface area contributed by atoms with Gasteiger partial charge in [-0.1, -0.05) is 6.07 Å². The predicted octanol–water partition coefficient (Wildman–Crippen LogP) is 2.18. The Morgan fingerprint density at radius 3 is 2.38 bits per heavy atom. The number of piperidine rings is 1. The fourth-order valence-corrected chi connectivity index (χ4v) is 3.09. The maximum atomic E-state index is 12.5. The number of carbonyl (C=O) groups excluding carboxylic acids is 3. The first-order valence-corrected chi connectivity index (χ1v) is 9.10. The highest BCUT2D eigenvalue weighted by molar-refractivity contribution is 5.96. The molecule has 1 heterocycles. The summed E-state index contributed by atoms with van der Waals surface area (Å²) in [6, 6.07) is 5.55. The van der Waals surface area contributed by atoms with E-state index in [1.807, 2.05) is 26.0 Å². The average Bonchev–Trinajstić information content (AvgIpc) is 2.63. The van der Waals surface area contributed by atoms with Crippen molar-refractivity contribution < 1.29 is 19.1 Å². The molecule has 26 heavy (non-hydrogen) atoms. The molecule has 0 N–H and O–H groups in total. The molecule has 6 heteroatoms. The molecule has 0 atom stereocenters. The fraction of sp³-hybridized carbons (Fsp3) is 0.550. The van der Waals surface area contributed by atoms with E-state index in [9.17, 15) is 14.4 Å². The second-order valence-electron chi connectivity index (χ2n) is 6.87.